The lowest BCUT2D eigenvalue weighted by Crippen LogP contribution is -1.91. The van der Waals surface area contributed by atoms with E-state index in [0.29, 0.717) is 5.17 Å². The topological polar surface area (TPSA) is 12.4 Å². The molecule has 15 heavy (non-hydrogen) atoms. The van der Waals surface area contributed by atoms with Crippen LogP contribution in [0.2, 0.25) is 0 Å². The first kappa shape index (κ1) is 10.8. The van der Waals surface area contributed by atoms with Gasteiger partial charge in [-0.25, -0.2) is 4.99 Å². The van der Waals surface area contributed by atoms with Crippen LogP contribution in [-0.4, -0.2) is 5.17 Å². The highest BCUT2D eigenvalue weighted by Gasteiger charge is 2.14. The van der Waals surface area contributed by atoms with E-state index in [1.54, 1.807) is 11.8 Å². The van der Waals surface area contributed by atoms with E-state index in [1.807, 2.05) is 25.1 Å². The van der Waals surface area contributed by atoms with Crippen molar-refractivity contribution in [2.24, 2.45) is 4.99 Å². The second-order valence-corrected chi connectivity index (χ2v) is 4.86. The van der Waals surface area contributed by atoms with Crippen LogP contribution >= 0.6 is 23.4 Å². The Morgan fingerprint density at radius 1 is 1.33 bits per heavy atom. The Bertz CT molecular complexity index is 449. The SMILES string of the molecule is CCC1=C(C)N=C(Cl)c2ccccc2S1. The number of hydrogen-bond donors (Lipinski definition) is 0. The van der Waals surface area contributed by atoms with Gasteiger partial charge >= 0.3 is 0 Å². The highest BCUT2D eigenvalue weighted by atomic mass is 35.5. The van der Waals surface area contributed by atoms with Crippen LogP contribution in [0.3, 0.4) is 0 Å². The zero-order valence-corrected chi connectivity index (χ0v) is 10.3. The number of thioether (sulfide) groups is 1. The molecule has 1 aliphatic heterocycles. The molecule has 0 N–H and O–H groups in total. The number of aliphatic imine (C=N–C) groups is 1. The third kappa shape index (κ3) is 2.11. The smallest absolute Gasteiger partial charge is 0.137 e. The fraction of sp³-hybridized carbons (Fsp3) is 0.250. The van der Waals surface area contributed by atoms with Crippen LogP contribution in [0.15, 0.2) is 44.8 Å². The van der Waals surface area contributed by atoms with Crippen molar-refractivity contribution in [3.05, 3.63) is 40.4 Å². The van der Waals surface area contributed by atoms with Gasteiger partial charge in [0.25, 0.3) is 0 Å². The van der Waals surface area contributed by atoms with Crippen LogP contribution in [0.1, 0.15) is 25.8 Å². The molecule has 2 rings (SSSR count). The number of halogens is 1. The Kier molecular flexibility index (Phi) is 3.17. The van der Waals surface area contributed by atoms with E-state index in [4.69, 9.17) is 11.6 Å². The molecule has 0 saturated heterocycles. The minimum atomic E-state index is 0.596. The Morgan fingerprint density at radius 3 is 2.80 bits per heavy atom. The maximum Gasteiger partial charge on any atom is 0.137 e. The van der Waals surface area contributed by atoms with Crippen LogP contribution in [0.5, 0.6) is 0 Å². The predicted octanol–water partition coefficient (Wildman–Crippen LogP) is 4.42. The molecular weight excluding hydrogens is 226 g/mol. The molecule has 0 fully saturated rings. The summed E-state index contributed by atoms with van der Waals surface area (Å²) in [5.41, 5.74) is 2.07. The number of rotatable bonds is 1. The molecule has 0 aliphatic carbocycles. The Morgan fingerprint density at radius 2 is 2.07 bits per heavy atom. The Hall–Kier alpha value is -0.730. The molecule has 0 atom stereocenters. The van der Waals surface area contributed by atoms with Crippen molar-refractivity contribution < 1.29 is 0 Å². The lowest BCUT2D eigenvalue weighted by Gasteiger charge is -2.05. The van der Waals surface area contributed by atoms with E-state index in [-0.39, 0.29) is 0 Å². The van der Waals surface area contributed by atoms with Crippen molar-refractivity contribution in [3.8, 4) is 0 Å². The molecule has 0 amide bonds. The largest absolute Gasteiger partial charge is 0.240 e. The number of nitrogens with zero attached hydrogens (tertiary/aromatic N) is 1. The van der Waals surface area contributed by atoms with Gasteiger partial charge in [0.1, 0.15) is 5.17 Å². The first-order valence-electron chi connectivity index (χ1n) is 4.93. The van der Waals surface area contributed by atoms with Crippen molar-refractivity contribution in [2.45, 2.75) is 25.2 Å². The Labute approximate surface area is 99.2 Å². The zero-order chi connectivity index (χ0) is 10.8. The van der Waals surface area contributed by atoms with Gasteiger partial charge in [0.05, 0.1) is 0 Å². The summed E-state index contributed by atoms with van der Waals surface area (Å²) in [5.74, 6) is 0. The molecule has 0 bridgehead atoms. The van der Waals surface area contributed by atoms with Gasteiger partial charge in [0, 0.05) is 21.1 Å². The predicted molar refractivity (Wildman–Crippen MR) is 67.7 cm³/mol. The first-order valence-corrected chi connectivity index (χ1v) is 6.13. The third-order valence-electron chi connectivity index (χ3n) is 2.33. The molecule has 0 saturated carbocycles. The van der Waals surface area contributed by atoms with E-state index >= 15 is 0 Å². The average molecular weight is 238 g/mol. The average Bonchev–Trinajstić information content (AvgIpc) is 2.36. The number of fused-ring (bicyclic) bond motifs is 1. The van der Waals surface area contributed by atoms with Gasteiger partial charge in [0.15, 0.2) is 0 Å². The fourth-order valence-electron chi connectivity index (χ4n) is 1.53. The van der Waals surface area contributed by atoms with Gasteiger partial charge in [-0.05, 0) is 19.4 Å². The molecule has 3 heteroatoms. The standard InChI is InChI=1S/C12H12ClNS/c1-3-10-8(2)14-12(13)9-6-4-5-7-11(9)15-10/h4-7H,3H2,1-2H3. The van der Waals surface area contributed by atoms with Crippen molar-refractivity contribution in [3.63, 3.8) is 0 Å². The maximum atomic E-state index is 6.17. The second kappa shape index (κ2) is 4.42. The lowest BCUT2D eigenvalue weighted by molar-refractivity contribution is 1.13. The zero-order valence-electron chi connectivity index (χ0n) is 8.75. The minimum absolute atomic E-state index is 0.596. The first-order chi connectivity index (χ1) is 7.22. The van der Waals surface area contributed by atoms with Gasteiger partial charge in [-0.3, -0.25) is 0 Å². The van der Waals surface area contributed by atoms with E-state index in [2.05, 4.69) is 18.0 Å². The van der Waals surface area contributed by atoms with Crippen molar-refractivity contribution in [1.29, 1.82) is 0 Å². The van der Waals surface area contributed by atoms with Crippen LogP contribution < -0.4 is 0 Å². The minimum Gasteiger partial charge on any atom is -0.240 e. The highest BCUT2D eigenvalue weighted by Crippen LogP contribution is 2.37. The second-order valence-electron chi connectivity index (χ2n) is 3.36. The summed E-state index contributed by atoms with van der Waals surface area (Å²) in [4.78, 5) is 6.90. The summed E-state index contributed by atoms with van der Waals surface area (Å²) in [6, 6.07) is 8.12. The number of hydrogen-bond acceptors (Lipinski definition) is 2. The number of benzene rings is 1. The van der Waals surface area contributed by atoms with Crippen LogP contribution in [-0.2, 0) is 0 Å². The maximum absolute atomic E-state index is 6.17. The fourth-order valence-corrected chi connectivity index (χ4v) is 2.90. The molecule has 1 aromatic carbocycles. The summed E-state index contributed by atoms with van der Waals surface area (Å²) >= 11 is 7.94. The van der Waals surface area contributed by atoms with Gasteiger partial charge in [-0.1, -0.05) is 48.5 Å². The normalized spacial score (nSPS) is 15.8. The molecule has 1 aliphatic rings. The lowest BCUT2D eigenvalue weighted by atomic mass is 10.2. The van der Waals surface area contributed by atoms with Crippen LogP contribution in [0.25, 0.3) is 0 Å². The molecule has 0 aromatic heterocycles. The molecule has 1 heterocycles. The molecule has 0 radical (unpaired) electrons. The van der Waals surface area contributed by atoms with Gasteiger partial charge in [-0.2, -0.15) is 0 Å². The van der Waals surface area contributed by atoms with E-state index in [9.17, 15) is 0 Å². The van der Waals surface area contributed by atoms with Crippen LogP contribution in [0, 0.1) is 0 Å². The number of allylic oxidation sites excluding steroid dienone is 2. The summed E-state index contributed by atoms with van der Waals surface area (Å²) < 4.78 is 0. The third-order valence-corrected chi connectivity index (χ3v) is 4.03. The molecule has 1 nitrogen and oxygen atoms in total. The summed E-state index contributed by atoms with van der Waals surface area (Å²) in [5, 5.41) is 0.596. The molecule has 0 spiro atoms. The Balaban J connectivity index is 2.56. The summed E-state index contributed by atoms with van der Waals surface area (Å²) in [6.07, 6.45) is 0.999. The molecule has 78 valence electrons. The van der Waals surface area contributed by atoms with Gasteiger partial charge in [-0.15, -0.1) is 0 Å². The van der Waals surface area contributed by atoms with Crippen molar-refractivity contribution >= 4 is 28.5 Å². The van der Waals surface area contributed by atoms with Gasteiger partial charge in [0.2, 0.25) is 0 Å². The molecule has 1 aromatic rings. The van der Waals surface area contributed by atoms with Crippen molar-refractivity contribution in [2.75, 3.05) is 0 Å². The molecule has 0 unspecified atom stereocenters. The quantitative estimate of drug-likeness (QED) is 0.704. The summed E-state index contributed by atoms with van der Waals surface area (Å²) in [7, 11) is 0. The summed E-state index contributed by atoms with van der Waals surface area (Å²) in [6.45, 7) is 4.16. The highest BCUT2D eigenvalue weighted by molar-refractivity contribution is 8.03. The van der Waals surface area contributed by atoms with E-state index in [1.165, 1.54) is 9.80 Å². The van der Waals surface area contributed by atoms with E-state index in [0.717, 1.165) is 17.7 Å². The monoisotopic (exact) mass is 237 g/mol. The van der Waals surface area contributed by atoms with Crippen molar-refractivity contribution in [1.82, 2.24) is 0 Å². The van der Waals surface area contributed by atoms with E-state index < -0.39 is 0 Å². The molecular formula is C12H12ClNS. The van der Waals surface area contributed by atoms with Gasteiger partial charge < -0.3 is 0 Å². The van der Waals surface area contributed by atoms with Crippen LogP contribution in [0.4, 0.5) is 0 Å².